The van der Waals surface area contributed by atoms with Gasteiger partial charge in [0.05, 0.1) is 6.20 Å². The van der Waals surface area contributed by atoms with E-state index in [1.807, 2.05) is 6.20 Å². The number of hydrogen-bond donors (Lipinski definition) is 2. The van der Waals surface area contributed by atoms with Crippen molar-refractivity contribution in [3.05, 3.63) is 17.8 Å². The van der Waals surface area contributed by atoms with Gasteiger partial charge in [-0.25, -0.2) is 4.98 Å². The molecule has 2 unspecified atom stereocenters. The highest BCUT2D eigenvalue weighted by Gasteiger charge is 2.18. The Morgan fingerprint density at radius 2 is 2.60 bits per heavy atom. The van der Waals surface area contributed by atoms with Crippen LogP contribution in [0.25, 0.3) is 0 Å². The molecule has 15 heavy (non-hydrogen) atoms. The molecule has 0 aromatic carbocycles. The first-order valence-electron chi connectivity index (χ1n) is 5.67. The van der Waals surface area contributed by atoms with Crippen molar-refractivity contribution in [2.24, 2.45) is 5.73 Å². The van der Waals surface area contributed by atoms with Crippen molar-refractivity contribution in [1.29, 1.82) is 0 Å². The zero-order valence-electron chi connectivity index (χ0n) is 9.20. The van der Waals surface area contributed by atoms with Crippen molar-refractivity contribution in [1.82, 2.24) is 10.3 Å². The largest absolute Gasteiger partial charge is 0.445 e. The molecule has 2 heterocycles. The Morgan fingerprint density at radius 3 is 3.27 bits per heavy atom. The van der Waals surface area contributed by atoms with Crippen LogP contribution in [0.15, 0.2) is 10.6 Å². The molecule has 0 spiro atoms. The molecule has 1 aromatic heterocycles. The van der Waals surface area contributed by atoms with E-state index in [1.165, 1.54) is 12.8 Å². The van der Waals surface area contributed by atoms with Gasteiger partial charge in [-0.1, -0.05) is 6.92 Å². The van der Waals surface area contributed by atoms with E-state index >= 15 is 0 Å². The molecule has 84 valence electrons. The highest BCUT2D eigenvalue weighted by Crippen LogP contribution is 2.17. The second-order valence-electron chi connectivity index (χ2n) is 4.29. The second-order valence-corrected chi connectivity index (χ2v) is 4.29. The minimum absolute atomic E-state index is 0.266. The molecule has 2 atom stereocenters. The molecule has 0 radical (unpaired) electrons. The molecular formula is C11H19N3O. The first-order chi connectivity index (χ1) is 7.29. The average Bonchev–Trinajstić information content (AvgIpc) is 2.88. The van der Waals surface area contributed by atoms with Crippen molar-refractivity contribution in [2.45, 2.75) is 38.1 Å². The van der Waals surface area contributed by atoms with Gasteiger partial charge in [-0.3, -0.25) is 0 Å². The van der Waals surface area contributed by atoms with Crippen LogP contribution in [0, 0.1) is 0 Å². The van der Waals surface area contributed by atoms with Crippen LogP contribution in [0.3, 0.4) is 0 Å². The quantitative estimate of drug-likeness (QED) is 0.777. The third-order valence-corrected chi connectivity index (χ3v) is 2.99. The molecule has 4 heteroatoms. The van der Waals surface area contributed by atoms with Crippen LogP contribution in [0.2, 0.25) is 0 Å². The topological polar surface area (TPSA) is 64.1 Å². The van der Waals surface area contributed by atoms with Gasteiger partial charge in [0, 0.05) is 24.9 Å². The first kappa shape index (κ1) is 10.6. The summed E-state index contributed by atoms with van der Waals surface area (Å²) in [6, 6.07) is 0.546. The van der Waals surface area contributed by atoms with Crippen molar-refractivity contribution in [3.63, 3.8) is 0 Å². The first-order valence-corrected chi connectivity index (χ1v) is 5.67. The zero-order chi connectivity index (χ0) is 10.7. The summed E-state index contributed by atoms with van der Waals surface area (Å²) in [5.41, 5.74) is 5.58. The standard InChI is InChI=1S/C11H19N3O/c1-8(6-12)10-7-14-11(15-10)5-9-3-2-4-13-9/h7-9,13H,2-6,12H2,1H3. The van der Waals surface area contributed by atoms with E-state index in [1.54, 1.807) is 0 Å². The molecule has 4 nitrogen and oxygen atoms in total. The number of nitrogens with one attached hydrogen (secondary N) is 1. The average molecular weight is 209 g/mol. The lowest BCUT2D eigenvalue weighted by Gasteiger charge is -2.06. The van der Waals surface area contributed by atoms with Gasteiger partial charge < -0.3 is 15.5 Å². The van der Waals surface area contributed by atoms with E-state index in [0.29, 0.717) is 12.6 Å². The van der Waals surface area contributed by atoms with Gasteiger partial charge in [0.1, 0.15) is 5.76 Å². The van der Waals surface area contributed by atoms with Gasteiger partial charge in [-0.15, -0.1) is 0 Å². The molecular weight excluding hydrogens is 190 g/mol. The number of aromatic nitrogens is 1. The summed E-state index contributed by atoms with van der Waals surface area (Å²) < 4.78 is 5.67. The van der Waals surface area contributed by atoms with E-state index in [9.17, 15) is 0 Å². The number of oxazole rings is 1. The van der Waals surface area contributed by atoms with Gasteiger partial charge in [0.15, 0.2) is 5.89 Å². The van der Waals surface area contributed by atoms with E-state index in [2.05, 4.69) is 17.2 Å². The Hall–Kier alpha value is -0.870. The maximum absolute atomic E-state index is 5.67. The van der Waals surface area contributed by atoms with Gasteiger partial charge in [0.2, 0.25) is 0 Å². The summed E-state index contributed by atoms with van der Waals surface area (Å²) in [5, 5.41) is 3.43. The third-order valence-electron chi connectivity index (χ3n) is 2.99. The molecule has 0 bridgehead atoms. The number of rotatable bonds is 4. The Bertz CT molecular complexity index is 305. The van der Waals surface area contributed by atoms with Crippen LogP contribution in [0.1, 0.15) is 37.3 Å². The van der Waals surface area contributed by atoms with E-state index in [0.717, 1.165) is 24.6 Å². The van der Waals surface area contributed by atoms with Gasteiger partial charge in [-0.05, 0) is 19.4 Å². The Morgan fingerprint density at radius 1 is 1.73 bits per heavy atom. The summed E-state index contributed by atoms with van der Waals surface area (Å²) in [6.45, 7) is 3.78. The predicted molar refractivity (Wildman–Crippen MR) is 58.7 cm³/mol. The van der Waals surface area contributed by atoms with E-state index < -0.39 is 0 Å². The molecule has 1 aliphatic heterocycles. The normalized spacial score (nSPS) is 23.2. The lowest BCUT2D eigenvalue weighted by Crippen LogP contribution is -2.23. The lowest BCUT2D eigenvalue weighted by atomic mass is 10.1. The highest BCUT2D eigenvalue weighted by atomic mass is 16.4. The van der Waals surface area contributed by atoms with Gasteiger partial charge in [-0.2, -0.15) is 0 Å². The number of nitrogens with zero attached hydrogens (tertiary/aromatic N) is 1. The minimum Gasteiger partial charge on any atom is -0.445 e. The maximum Gasteiger partial charge on any atom is 0.195 e. The van der Waals surface area contributed by atoms with Crippen molar-refractivity contribution in [2.75, 3.05) is 13.1 Å². The van der Waals surface area contributed by atoms with Crippen LogP contribution in [0.4, 0.5) is 0 Å². The maximum atomic E-state index is 5.67. The molecule has 1 saturated heterocycles. The van der Waals surface area contributed by atoms with Crippen molar-refractivity contribution >= 4 is 0 Å². The molecule has 3 N–H and O–H groups in total. The lowest BCUT2D eigenvalue weighted by molar-refractivity contribution is 0.412. The van der Waals surface area contributed by atoms with Crippen molar-refractivity contribution in [3.8, 4) is 0 Å². The molecule has 1 aliphatic rings. The number of hydrogen-bond acceptors (Lipinski definition) is 4. The molecule has 0 aliphatic carbocycles. The fourth-order valence-electron chi connectivity index (χ4n) is 1.90. The van der Waals surface area contributed by atoms with Crippen LogP contribution in [-0.2, 0) is 6.42 Å². The van der Waals surface area contributed by atoms with Gasteiger partial charge in [0.25, 0.3) is 0 Å². The van der Waals surface area contributed by atoms with Crippen LogP contribution >= 0.6 is 0 Å². The second kappa shape index (κ2) is 4.77. The van der Waals surface area contributed by atoms with E-state index in [4.69, 9.17) is 10.2 Å². The third kappa shape index (κ3) is 2.58. The number of nitrogens with two attached hydrogens (primary N) is 1. The fraction of sp³-hybridized carbons (Fsp3) is 0.727. The Labute approximate surface area is 90.2 Å². The molecule has 1 aromatic rings. The molecule has 0 saturated carbocycles. The summed E-state index contributed by atoms with van der Waals surface area (Å²) in [4.78, 5) is 4.29. The molecule has 2 rings (SSSR count). The Kier molecular flexibility index (Phi) is 3.38. The summed E-state index contributed by atoms with van der Waals surface area (Å²) in [6.07, 6.45) is 5.20. The minimum atomic E-state index is 0.266. The van der Waals surface area contributed by atoms with Crippen LogP contribution < -0.4 is 11.1 Å². The Balaban J connectivity index is 1.94. The highest BCUT2D eigenvalue weighted by molar-refractivity contribution is 5.02. The van der Waals surface area contributed by atoms with Gasteiger partial charge >= 0.3 is 0 Å². The van der Waals surface area contributed by atoms with E-state index in [-0.39, 0.29) is 5.92 Å². The summed E-state index contributed by atoms with van der Waals surface area (Å²) >= 11 is 0. The fourth-order valence-corrected chi connectivity index (χ4v) is 1.90. The smallest absolute Gasteiger partial charge is 0.195 e. The van der Waals surface area contributed by atoms with Crippen molar-refractivity contribution < 1.29 is 4.42 Å². The SMILES string of the molecule is CC(CN)c1cnc(CC2CCCN2)o1. The monoisotopic (exact) mass is 209 g/mol. The molecule has 1 fully saturated rings. The summed E-state index contributed by atoms with van der Waals surface area (Å²) in [7, 11) is 0. The predicted octanol–water partition coefficient (Wildman–Crippen LogP) is 1.03. The van der Waals surface area contributed by atoms with Crippen LogP contribution in [-0.4, -0.2) is 24.1 Å². The van der Waals surface area contributed by atoms with Crippen LogP contribution in [0.5, 0.6) is 0 Å². The zero-order valence-corrected chi connectivity index (χ0v) is 9.20. The molecule has 0 amide bonds. The summed E-state index contributed by atoms with van der Waals surface area (Å²) in [5.74, 6) is 2.01.